The number of carbonyl (C=O) groups excluding carboxylic acids is 2. The summed E-state index contributed by atoms with van der Waals surface area (Å²) in [5, 5.41) is 8.04. The first-order valence-electron chi connectivity index (χ1n) is 8.41. The van der Waals surface area contributed by atoms with Crippen molar-refractivity contribution in [3.63, 3.8) is 0 Å². The quantitative estimate of drug-likeness (QED) is 0.404. The normalized spacial score (nSPS) is 22.6. The van der Waals surface area contributed by atoms with Crippen molar-refractivity contribution in [3.05, 3.63) is 53.5 Å². The molecule has 8 heteroatoms. The van der Waals surface area contributed by atoms with Gasteiger partial charge in [-0.2, -0.15) is 0 Å². The van der Waals surface area contributed by atoms with Crippen molar-refractivity contribution in [2.75, 3.05) is 12.4 Å². The fourth-order valence-corrected chi connectivity index (χ4v) is 4.50. The van der Waals surface area contributed by atoms with E-state index >= 15 is 0 Å². The minimum absolute atomic E-state index is 0.192. The van der Waals surface area contributed by atoms with Crippen LogP contribution in [-0.2, 0) is 22.6 Å². The van der Waals surface area contributed by atoms with Crippen LogP contribution in [0.5, 0.6) is 0 Å². The Bertz CT molecular complexity index is 763. The van der Waals surface area contributed by atoms with Crippen LogP contribution < -0.4 is 10.3 Å². The average Bonchev–Trinajstić information content (AvgIpc) is 2.66. The van der Waals surface area contributed by atoms with Gasteiger partial charge in [0.05, 0.1) is 0 Å². The number of thioether (sulfide) groups is 1. The SMILES string of the molecule is N[C@@H]1C(=O)N2C(C(=O)Cl)=C(C=CC[n+]3ccc(CCCO)cc3)CS[C@H]12. The lowest BCUT2D eigenvalue weighted by Gasteiger charge is -2.48. The topological polar surface area (TPSA) is 87.5 Å². The van der Waals surface area contributed by atoms with Gasteiger partial charge in [0.15, 0.2) is 18.9 Å². The van der Waals surface area contributed by atoms with Gasteiger partial charge in [-0.3, -0.25) is 14.5 Å². The smallest absolute Gasteiger partial charge is 0.269 e. The summed E-state index contributed by atoms with van der Waals surface area (Å²) >= 11 is 7.26. The molecule has 1 fully saturated rings. The average molecular weight is 395 g/mol. The van der Waals surface area contributed by atoms with Crippen LogP contribution in [0.3, 0.4) is 0 Å². The van der Waals surface area contributed by atoms with Gasteiger partial charge in [0, 0.05) is 24.5 Å². The molecule has 3 N–H and O–H groups in total. The van der Waals surface area contributed by atoms with E-state index in [1.165, 1.54) is 10.5 Å². The third-order valence-corrected chi connectivity index (χ3v) is 5.95. The minimum atomic E-state index is -0.629. The number of β-lactam (4-membered cyclic amide) rings is 1. The van der Waals surface area contributed by atoms with Gasteiger partial charge in [-0.25, -0.2) is 4.57 Å². The molecule has 1 aromatic heterocycles. The molecule has 0 saturated carbocycles. The molecular weight excluding hydrogens is 374 g/mol. The molecule has 26 heavy (non-hydrogen) atoms. The van der Waals surface area contributed by atoms with E-state index in [1.54, 1.807) is 11.8 Å². The van der Waals surface area contributed by atoms with Gasteiger partial charge >= 0.3 is 0 Å². The van der Waals surface area contributed by atoms with Gasteiger partial charge in [-0.1, -0.05) is 6.08 Å². The maximum Gasteiger partial charge on any atom is 0.269 e. The molecule has 6 nitrogen and oxygen atoms in total. The van der Waals surface area contributed by atoms with Crippen molar-refractivity contribution >= 4 is 34.5 Å². The lowest BCUT2D eigenvalue weighted by molar-refractivity contribution is -0.687. The Labute approximate surface area is 161 Å². The van der Waals surface area contributed by atoms with Crippen molar-refractivity contribution in [2.24, 2.45) is 5.73 Å². The third kappa shape index (κ3) is 3.86. The summed E-state index contributed by atoms with van der Waals surface area (Å²) in [6.07, 6.45) is 9.35. The Morgan fingerprint density at radius 3 is 2.85 bits per heavy atom. The first kappa shape index (κ1) is 19.1. The molecule has 3 rings (SSSR count). The number of halogens is 1. The number of allylic oxidation sites excluding steroid dienone is 3. The Morgan fingerprint density at radius 2 is 2.19 bits per heavy atom. The van der Waals surface area contributed by atoms with Gasteiger partial charge in [0.2, 0.25) is 5.91 Å². The van der Waals surface area contributed by atoms with Crippen LogP contribution in [-0.4, -0.2) is 44.9 Å². The second-order valence-corrected chi connectivity index (χ2v) is 7.66. The number of rotatable bonds is 7. The molecule has 0 radical (unpaired) electrons. The van der Waals surface area contributed by atoms with E-state index in [9.17, 15) is 9.59 Å². The number of fused-ring (bicyclic) bond motifs is 1. The maximum absolute atomic E-state index is 12.0. The van der Waals surface area contributed by atoms with Crippen LogP contribution in [0.1, 0.15) is 12.0 Å². The number of aliphatic hydroxyl groups is 1. The lowest BCUT2D eigenvalue weighted by Crippen LogP contribution is -2.68. The van der Waals surface area contributed by atoms with E-state index in [1.807, 2.05) is 41.2 Å². The van der Waals surface area contributed by atoms with Crippen molar-refractivity contribution in [2.45, 2.75) is 30.8 Å². The number of pyridine rings is 1. The van der Waals surface area contributed by atoms with E-state index in [4.69, 9.17) is 22.4 Å². The van der Waals surface area contributed by atoms with Crippen molar-refractivity contribution < 1.29 is 19.3 Å². The number of hydrogen-bond donors (Lipinski definition) is 2. The van der Waals surface area contributed by atoms with Crippen LogP contribution >= 0.6 is 23.4 Å². The summed E-state index contributed by atoms with van der Waals surface area (Å²) in [7, 11) is 0. The summed E-state index contributed by atoms with van der Waals surface area (Å²) in [4.78, 5) is 25.2. The molecule has 0 bridgehead atoms. The molecule has 2 atom stereocenters. The second kappa shape index (κ2) is 8.35. The summed E-state index contributed by atoms with van der Waals surface area (Å²) in [5.41, 5.74) is 7.95. The summed E-state index contributed by atoms with van der Waals surface area (Å²) < 4.78 is 2.01. The molecule has 0 aliphatic carbocycles. The summed E-state index contributed by atoms with van der Waals surface area (Å²) in [6, 6.07) is 3.49. The zero-order valence-electron chi connectivity index (χ0n) is 14.2. The maximum atomic E-state index is 12.0. The van der Waals surface area contributed by atoms with E-state index < -0.39 is 11.3 Å². The molecule has 0 aromatic carbocycles. The molecule has 2 aliphatic heterocycles. The number of carbonyl (C=O) groups is 2. The first-order chi connectivity index (χ1) is 12.5. The number of amides is 1. The van der Waals surface area contributed by atoms with Crippen molar-refractivity contribution in [1.82, 2.24) is 4.90 Å². The molecular formula is C18H21ClN3O3S+. The summed E-state index contributed by atoms with van der Waals surface area (Å²) in [6.45, 7) is 0.826. The largest absolute Gasteiger partial charge is 0.396 e. The van der Waals surface area contributed by atoms with E-state index in [2.05, 4.69) is 0 Å². The minimum Gasteiger partial charge on any atom is -0.396 e. The van der Waals surface area contributed by atoms with E-state index in [-0.39, 0.29) is 23.6 Å². The Kier molecular flexibility index (Phi) is 6.13. The standard InChI is InChI=1S/C18H21ClN3O3S/c19-16(24)15-13(11-26-18-14(20)17(25)22(15)18)4-1-7-21-8-5-12(6-9-21)3-2-10-23/h1,4-6,8-9,14,18,23H,2-3,7,10-11,20H2/q+1/t14-,18-/m1/s1. The predicted molar refractivity (Wildman–Crippen MR) is 100 cm³/mol. The highest BCUT2D eigenvalue weighted by atomic mass is 35.5. The fourth-order valence-electron chi connectivity index (χ4n) is 3.02. The number of hydrogen-bond acceptors (Lipinski definition) is 5. The third-order valence-electron chi connectivity index (χ3n) is 4.44. The highest BCUT2D eigenvalue weighted by Crippen LogP contribution is 2.40. The zero-order valence-corrected chi connectivity index (χ0v) is 15.7. The Hall–Kier alpha value is -1.67. The zero-order chi connectivity index (χ0) is 18.7. The fraction of sp³-hybridized carbons (Fsp3) is 0.389. The Morgan fingerprint density at radius 1 is 1.46 bits per heavy atom. The molecule has 2 aliphatic rings. The van der Waals surface area contributed by atoms with Crippen LogP contribution in [0, 0.1) is 0 Å². The van der Waals surface area contributed by atoms with Crippen LogP contribution in [0.25, 0.3) is 0 Å². The molecule has 0 spiro atoms. The van der Waals surface area contributed by atoms with Gasteiger partial charge < -0.3 is 10.8 Å². The number of aryl methyl sites for hydroxylation is 1. The van der Waals surface area contributed by atoms with Gasteiger partial charge in [0.25, 0.3) is 5.24 Å². The number of nitrogens with zero attached hydrogens (tertiary/aromatic N) is 2. The second-order valence-electron chi connectivity index (χ2n) is 6.22. The van der Waals surface area contributed by atoms with Crippen LogP contribution in [0.15, 0.2) is 47.9 Å². The van der Waals surface area contributed by atoms with E-state index in [0.29, 0.717) is 12.3 Å². The van der Waals surface area contributed by atoms with Gasteiger partial charge in [-0.05, 0) is 41.7 Å². The molecule has 138 valence electrons. The molecule has 3 heterocycles. The lowest BCUT2D eigenvalue weighted by atomic mass is 10.0. The highest BCUT2D eigenvalue weighted by molar-refractivity contribution is 8.00. The van der Waals surface area contributed by atoms with Crippen LogP contribution in [0.4, 0.5) is 0 Å². The Balaban J connectivity index is 1.68. The van der Waals surface area contributed by atoms with Gasteiger partial charge in [0.1, 0.15) is 17.1 Å². The highest BCUT2D eigenvalue weighted by Gasteiger charge is 2.51. The predicted octanol–water partition coefficient (Wildman–Crippen LogP) is 0.717. The molecule has 0 unspecified atom stereocenters. The first-order valence-corrected chi connectivity index (χ1v) is 9.84. The van der Waals surface area contributed by atoms with Crippen LogP contribution in [0.2, 0.25) is 0 Å². The molecule has 1 amide bonds. The van der Waals surface area contributed by atoms with Gasteiger partial charge in [-0.15, -0.1) is 11.8 Å². The molecule has 1 aromatic rings. The number of aromatic nitrogens is 1. The molecule has 1 saturated heterocycles. The number of nitrogens with two attached hydrogens (primary N) is 1. The van der Waals surface area contributed by atoms with Crippen molar-refractivity contribution in [3.8, 4) is 0 Å². The van der Waals surface area contributed by atoms with Crippen molar-refractivity contribution in [1.29, 1.82) is 0 Å². The monoisotopic (exact) mass is 394 g/mol. The summed E-state index contributed by atoms with van der Waals surface area (Å²) in [5.74, 6) is 0.335. The van der Waals surface area contributed by atoms with E-state index in [0.717, 1.165) is 18.4 Å². The number of aliphatic hydroxyl groups excluding tert-OH is 1.